The summed E-state index contributed by atoms with van der Waals surface area (Å²) in [5.74, 6) is 0.758. The molecule has 6 aromatic rings. The molecule has 0 fully saturated rings. The first-order chi connectivity index (χ1) is 21.8. The zero-order valence-electron chi connectivity index (χ0n) is 25.2. The van der Waals surface area contributed by atoms with Gasteiger partial charge >= 0.3 is 0 Å². The first-order valence-corrected chi connectivity index (χ1v) is 17.2. The Hall–Kier alpha value is -3.38. The van der Waals surface area contributed by atoms with Gasteiger partial charge in [0, 0.05) is 59.6 Å². The minimum absolute atomic E-state index is 0.0201. The van der Waals surface area contributed by atoms with Gasteiger partial charge in [0.15, 0.2) is 6.29 Å². The Morgan fingerprint density at radius 3 is 2.44 bits per heavy atom. The van der Waals surface area contributed by atoms with Gasteiger partial charge in [0.1, 0.15) is 5.75 Å². The van der Waals surface area contributed by atoms with Crippen molar-refractivity contribution in [2.75, 3.05) is 13.7 Å². The molecule has 0 aliphatic carbocycles. The lowest BCUT2D eigenvalue weighted by Crippen LogP contribution is -2.18. The molecule has 2 aromatic heterocycles. The van der Waals surface area contributed by atoms with Crippen LogP contribution in [-0.2, 0) is 30.6 Å². The maximum absolute atomic E-state index is 13.1. The number of aromatic nitrogens is 2. The molecule has 2 N–H and O–H groups in total. The largest absolute Gasteiger partial charge is 0.506 e. The number of phenols is 1. The zero-order valence-corrected chi connectivity index (χ0v) is 28.5. The Balaban J connectivity index is 1.35. The van der Waals surface area contributed by atoms with Crippen LogP contribution in [0.2, 0.25) is 0 Å². The van der Waals surface area contributed by atoms with Crippen molar-refractivity contribution in [1.82, 2.24) is 13.4 Å². The lowest BCUT2D eigenvalue weighted by atomic mass is 10.0. The molecule has 0 amide bonds. The third kappa shape index (κ3) is 6.36. The van der Waals surface area contributed by atoms with E-state index in [0.29, 0.717) is 46.4 Å². The molecule has 0 saturated carbocycles. The number of fused-ring (bicyclic) bond motifs is 2. The summed E-state index contributed by atoms with van der Waals surface area (Å²) in [6.45, 7) is 3.22. The molecule has 7 nitrogen and oxygen atoms in total. The van der Waals surface area contributed by atoms with E-state index >= 15 is 0 Å². The molecule has 0 radical (unpaired) electrons. The van der Waals surface area contributed by atoms with Crippen LogP contribution in [0.15, 0.2) is 99.1 Å². The molecule has 0 aliphatic heterocycles. The number of thioether (sulfide) groups is 1. The van der Waals surface area contributed by atoms with Gasteiger partial charge in [0.05, 0.1) is 25.8 Å². The smallest absolute Gasteiger partial charge is 0.273 e. The number of benzene rings is 4. The second-order valence-corrected chi connectivity index (χ2v) is 13.8. The Morgan fingerprint density at radius 2 is 1.73 bits per heavy atom. The van der Waals surface area contributed by atoms with Crippen molar-refractivity contribution >= 4 is 60.2 Å². The number of nitrogens with zero attached hydrogens (tertiary/aromatic N) is 3. The van der Waals surface area contributed by atoms with Crippen LogP contribution in [0.25, 0.3) is 26.7 Å². The van der Waals surface area contributed by atoms with Gasteiger partial charge in [0.2, 0.25) is 0 Å². The van der Waals surface area contributed by atoms with E-state index < -0.39 is 6.29 Å². The molecular formula is C35H34BrN3O4S2. The number of aryl methyl sites for hydroxylation is 1. The molecule has 6 rings (SSSR count). The van der Waals surface area contributed by atoms with Crippen LogP contribution < -0.4 is 5.56 Å². The summed E-state index contributed by atoms with van der Waals surface area (Å²) < 4.78 is 11.1. The Morgan fingerprint density at radius 1 is 1.02 bits per heavy atom. The number of ether oxygens (including phenoxy) is 1. The number of aliphatic hydroxyl groups is 1. The third-order valence-corrected chi connectivity index (χ3v) is 10.6. The van der Waals surface area contributed by atoms with Gasteiger partial charge in [-0.3, -0.25) is 9.69 Å². The zero-order chi connectivity index (χ0) is 31.7. The number of halogens is 1. The quantitative estimate of drug-likeness (QED) is 0.105. The van der Waals surface area contributed by atoms with Crippen molar-refractivity contribution in [3.8, 4) is 11.4 Å². The number of para-hydroxylation sites is 1. The van der Waals surface area contributed by atoms with E-state index in [4.69, 9.17) is 4.74 Å². The Kier molecular flexibility index (Phi) is 9.51. The highest BCUT2D eigenvalue weighted by Crippen LogP contribution is 2.43. The number of aliphatic hydroxyl groups excluding tert-OH is 1. The van der Waals surface area contributed by atoms with Crippen molar-refractivity contribution in [1.29, 1.82) is 0 Å². The number of rotatable bonds is 11. The highest BCUT2D eigenvalue weighted by atomic mass is 79.9. The number of phenolic OH excluding ortho intramolecular Hbond substituents is 1. The van der Waals surface area contributed by atoms with Crippen LogP contribution in [0.3, 0.4) is 0 Å². The van der Waals surface area contributed by atoms with Crippen molar-refractivity contribution in [2.24, 2.45) is 7.05 Å². The predicted molar refractivity (Wildman–Crippen MR) is 187 cm³/mol. The van der Waals surface area contributed by atoms with Crippen molar-refractivity contribution < 1.29 is 14.9 Å². The predicted octanol–water partition coefficient (Wildman–Crippen LogP) is 7.96. The van der Waals surface area contributed by atoms with E-state index in [2.05, 4.69) is 43.6 Å². The topological polar surface area (TPSA) is 79.9 Å². The first kappa shape index (κ1) is 31.6. The highest BCUT2D eigenvalue weighted by Gasteiger charge is 2.27. The summed E-state index contributed by atoms with van der Waals surface area (Å²) >= 11 is 6.71. The summed E-state index contributed by atoms with van der Waals surface area (Å²) in [4.78, 5) is 16.3. The fraction of sp³-hybridized carbons (Fsp3) is 0.229. The maximum Gasteiger partial charge on any atom is 0.273 e. The lowest BCUT2D eigenvalue weighted by molar-refractivity contribution is -0.0975. The number of hydrogen-bond acceptors (Lipinski definition) is 7. The summed E-state index contributed by atoms with van der Waals surface area (Å²) in [7, 11) is 3.99. The summed E-state index contributed by atoms with van der Waals surface area (Å²) in [6.07, 6.45) is -1.14. The Labute approximate surface area is 278 Å². The second kappa shape index (κ2) is 13.5. The van der Waals surface area contributed by atoms with E-state index in [1.54, 1.807) is 15.7 Å². The second-order valence-electron chi connectivity index (χ2n) is 10.9. The SMILES string of the molecule is CCOC(O)c1c(CSc2ccccc2)n(C)c2cc(Br)c(O)c(CN(C)Cc3ccc4c(=O)n(-c5ccccc5)sc4c3)c12. The monoisotopic (exact) mass is 703 g/mol. The number of hydrogen-bond donors (Lipinski definition) is 2. The molecule has 2 heterocycles. The minimum atomic E-state index is -1.14. The maximum atomic E-state index is 13.1. The lowest BCUT2D eigenvalue weighted by Gasteiger charge is -2.20. The molecule has 0 aliphatic rings. The fourth-order valence-corrected chi connectivity index (χ4v) is 8.28. The minimum Gasteiger partial charge on any atom is -0.506 e. The standard InChI is InChI=1S/C35H34BrN3O4S2/c1-4-43-35(42)32-29(21-44-24-13-9-6-10-14-24)38(3)28-18-27(36)33(40)26(31(28)32)20-37(2)19-22-15-16-25-30(17-22)45-39(34(25)41)23-11-7-5-8-12-23/h5-18,35,40,42H,4,19-21H2,1-3H3. The third-order valence-electron chi connectivity index (χ3n) is 7.89. The molecule has 0 saturated heterocycles. The molecule has 0 spiro atoms. The molecule has 1 unspecified atom stereocenters. The molecule has 1 atom stereocenters. The Bertz CT molecular complexity index is 2020. The normalized spacial score (nSPS) is 12.5. The van der Waals surface area contributed by atoms with Crippen LogP contribution in [0.1, 0.15) is 35.6 Å². The van der Waals surface area contributed by atoms with Crippen LogP contribution in [0.5, 0.6) is 5.75 Å². The average Bonchev–Trinajstić information content (AvgIpc) is 3.52. The van der Waals surface area contributed by atoms with Crippen LogP contribution in [0, 0.1) is 0 Å². The van der Waals surface area contributed by atoms with Gasteiger partial charge in [-0.15, -0.1) is 11.8 Å². The van der Waals surface area contributed by atoms with Gasteiger partial charge in [-0.05, 0) is 77.9 Å². The molecule has 0 bridgehead atoms. The first-order valence-electron chi connectivity index (χ1n) is 14.6. The number of aromatic hydroxyl groups is 1. The van der Waals surface area contributed by atoms with E-state index in [-0.39, 0.29) is 11.3 Å². The fourth-order valence-electron chi connectivity index (χ4n) is 5.75. The van der Waals surface area contributed by atoms with Crippen LogP contribution in [0.4, 0.5) is 0 Å². The van der Waals surface area contributed by atoms with Gasteiger partial charge in [-0.1, -0.05) is 54.0 Å². The van der Waals surface area contributed by atoms with Gasteiger partial charge < -0.3 is 19.5 Å². The molecule has 10 heteroatoms. The summed E-state index contributed by atoms with van der Waals surface area (Å²) in [5.41, 5.74) is 5.11. The summed E-state index contributed by atoms with van der Waals surface area (Å²) in [6, 6.07) is 27.7. The van der Waals surface area contributed by atoms with E-state index in [9.17, 15) is 15.0 Å². The van der Waals surface area contributed by atoms with Crippen LogP contribution in [-0.4, -0.2) is 37.3 Å². The van der Waals surface area contributed by atoms with Crippen molar-refractivity contribution in [2.45, 2.75) is 37.0 Å². The van der Waals surface area contributed by atoms with E-state index in [1.807, 2.05) is 87.7 Å². The van der Waals surface area contributed by atoms with E-state index in [1.165, 1.54) is 11.5 Å². The molecular weight excluding hydrogens is 670 g/mol. The average molecular weight is 705 g/mol. The highest BCUT2D eigenvalue weighted by molar-refractivity contribution is 9.10. The summed E-state index contributed by atoms with van der Waals surface area (Å²) in [5, 5.41) is 24.2. The van der Waals surface area contributed by atoms with Gasteiger partial charge in [-0.2, -0.15) is 0 Å². The molecule has 232 valence electrons. The van der Waals surface area contributed by atoms with Crippen molar-refractivity contribution in [3.05, 3.63) is 122 Å². The van der Waals surface area contributed by atoms with Crippen LogP contribution >= 0.6 is 39.2 Å². The van der Waals surface area contributed by atoms with Gasteiger partial charge in [-0.25, -0.2) is 3.96 Å². The van der Waals surface area contributed by atoms with Gasteiger partial charge in [0.25, 0.3) is 5.56 Å². The molecule has 45 heavy (non-hydrogen) atoms. The molecule has 4 aromatic carbocycles. The van der Waals surface area contributed by atoms with E-state index in [0.717, 1.165) is 37.4 Å². The van der Waals surface area contributed by atoms with Crippen molar-refractivity contribution in [3.63, 3.8) is 0 Å².